The van der Waals surface area contributed by atoms with Gasteiger partial charge in [-0.25, -0.2) is 27.2 Å². The number of rotatable bonds is 7. The van der Waals surface area contributed by atoms with Crippen LogP contribution in [0.25, 0.3) is 11.4 Å². The number of halogens is 5. The molecule has 0 amide bonds. The number of aryl methyl sites for hydroxylation is 1. The van der Waals surface area contributed by atoms with E-state index in [0.717, 1.165) is 40.7 Å². The molecule has 0 saturated carbocycles. The maximum Gasteiger partial charge on any atom is 0.417 e. The summed E-state index contributed by atoms with van der Waals surface area (Å²) in [6.45, 7) is -0.493. The monoisotopic (exact) mass is 526 g/mol. The van der Waals surface area contributed by atoms with E-state index in [-0.39, 0.29) is 35.5 Å². The van der Waals surface area contributed by atoms with Crippen molar-refractivity contribution in [2.45, 2.75) is 42.5 Å². The first kappa shape index (κ1) is 25.8. The van der Waals surface area contributed by atoms with Crippen molar-refractivity contribution in [1.29, 1.82) is 0 Å². The highest BCUT2D eigenvalue weighted by Gasteiger charge is 2.43. The second-order valence-corrected chi connectivity index (χ2v) is 10.1. The maximum atomic E-state index is 14.2. The minimum Gasteiger partial charge on any atom is -0.298 e. The number of pyridine rings is 1. The molecule has 2 aromatic heterocycles. The molecule has 0 aliphatic carbocycles. The zero-order valence-electron chi connectivity index (χ0n) is 18.5. The van der Waals surface area contributed by atoms with Crippen molar-refractivity contribution < 1.29 is 35.2 Å². The van der Waals surface area contributed by atoms with Gasteiger partial charge in [0.25, 0.3) is 0 Å². The third-order valence-electron chi connectivity index (χ3n) is 5.70. The van der Waals surface area contributed by atoms with Crippen LogP contribution in [-0.2, 0) is 27.4 Å². The van der Waals surface area contributed by atoms with E-state index in [1.54, 1.807) is 0 Å². The van der Waals surface area contributed by atoms with Crippen LogP contribution < -0.4 is 0 Å². The Morgan fingerprint density at radius 2 is 1.75 bits per heavy atom. The molecule has 0 unspecified atom stereocenters. The van der Waals surface area contributed by atoms with E-state index in [1.807, 2.05) is 0 Å². The largest absolute Gasteiger partial charge is 0.417 e. The lowest BCUT2D eigenvalue weighted by Gasteiger charge is -2.22. The SMILES string of the molecule is O=C(CCc1cc(-c2ccc(C(F)(F)F)cn2)ncn1)[C@@H]1C[C@@H](F)CN1S(=O)(=O)c1ccc(F)cc1. The van der Waals surface area contributed by atoms with Gasteiger partial charge in [0, 0.05) is 31.3 Å². The zero-order chi connectivity index (χ0) is 26.1. The Labute approximate surface area is 203 Å². The van der Waals surface area contributed by atoms with Crippen molar-refractivity contribution in [3.05, 3.63) is 72.1 Å². The highest BCUT2D eigenvalue weighted by Crippen LogP contribution is 2.31. The second-order valence-electron chi connectivity index (χ2n) is 8.17. The molecular weight excluding hydrogens is 507 g/mol. The van der Waals surface area contributed by atoms with Gasteiger partial charge in [-0.05, 0) is 48.9 Å². The number of sulfonamides is 1. The predicted octanol–water partition coefficient (Wildman–Crippen LogP) is 4.00. The quantitative estimate of drug-likeness (QED) is 0.432. The van der Waals surface area contributed by atoms with Crippen LogP contribution in [0.15, 0.2) is 59.9 Å². The number of hydrogen-bond donors (Lipinski definition) is 0. The molecule has 4 rings (SSSR count). The molecule has 7 nitrogen and oxygen atoms in total. The second kappa shape index (κ2) is 9.97. The molecule has 1 aliphatic rings. The highest BCUT2D eigenvalue weighted by atomic mass is 32.2. The molecule has 1 aliphatic heterocycles. The Morgan fingerprint density at radius 1 is 1.03 bits per heavy atom. The van der Waals surface area contributed by atoms with Gasteiger partial charge in [0.15, 0.2) is 5.78 Å². The topological polar surface area (TPSA) is 93.1 Å². The molecule has 0 bridgehead atoms. The van der Waals surface area contributed by atoms with Crippen molar-refractivity contribution >= 4 is 15.8 Å². The molecule has 190 valence electrons. The fraction of sp³-hybridized carbons (Fsp3) is 0.304. The Hall–Kier alpha value is -3.32. The fourth-order valence-electron chi connectivity index (χ4n) is 3.86. The molecule has 1 fully saturated rings. The Bertz CT molecular complexity index is 1350. The summed E-state index contributed by atoms with van der Waals surface area (Å²) in [6.07, 6.45) is -4.61. The molecule has 2 atom stereocenters. The number of ketones is 1. The predicted molar refractivity (Wildman–Crippen MR) is 117 cm³/mol. The van der Waals surface area contributed by atoms with Gasteiger partial charge in [0.2, 0.25) is 10.0 Å². The van der Waals surface area contributed by atoms with Gasteiger partial charge in [-0.3, -0.25) is 9.78 Å². The number of Topliss-reactive ketones (excluding diaryl/α,β-unsaturated/α-hetero) is 1. The summed E-state index contributed by atoms with van der Waals surface area (Å²) in [5.41, 5.74) is -0.122. The maximum absolute atomic E-state index is 14.2. The molecule has 1 aromatic carbocycles. The van der Waals surface area contributed by atoms with E-state index in [4.69, 9.17) is 0 Å². The average Bonchev–Trinajstić information content (AvgIpc) is 3.25. The van der Waals surface area contributed by atoms with Crippen molar-refractivity contribution in [3.8, 4) is 11.4 Å². The van der Waals surface area contributed by atoms with Gasteiger partial charge in [-0.15, -0.1) is 0 Å². The van der Waals surface area contributed by atoms with E-state index < -0.39 is 52.1 Å². The van der Waals surface area contributed by atoms with Crippen molar-refractivity contribution in [2.24, 2.45) is 0 Å². The lowest BCUT2D eigenvalue weighted by molar-refractivity contribution is -0.137. The highest BCUT2D eigenvalue weighted by molar-refractivity contribution is 7.89. The molecule has 0 radical (unpaired) electrons. The van der Waals surface area contributed by atoms with Crippen LogP contribution in [-0.4, -0.2) is 52.2 Å². The van der Waals surface area contributed by atoms with Crippen LogP contribution in [0.3, 0.4) is 0 Å². The molecular formula is C23H19F5N4O3S. The minimum absolute atomic E-state index is 0.0624. The first-order chi connectivity index (χ1) is 16.9. The molecule has 3 heterocycles. The van der Waals surface area contributed by atoms with Crippen LogP contribution in [0, 0.1) is 5.82 Å². The Morgan fingerprint density at radius 3 is 2.39 bits per heavy atom. The smallest absolute Gasteiger partial charge is 0.298 e. The molecule has 0 N–H and O–H groups in total. The van der Waals surface area contributed by atoms with Gasteiger partial charge in [-0.1, -0.05) is 0 Å². The molecule has 3 aromatic rings. The Balaban J connectivity index is 1.46. The molecule has 36 heavy (non-hydrogen) atoms. The molecule has 0 spiro atoms. The van der Waals surface area contributed by atoms with Crippen molar-refractivity contribution in [1.82, 2.24) is 19.3 Å². The summed E-state index contributed by atoms with van der Waals surface area (Å²) >= 11 is 0. The van der Waals surface area contributed by atoms with E-state index >= 15 is 0 Å². The number of carbonyl (C=O) groups is 1. The summed E-state index contributed by atoms with van der Waals surface area (Å²) in [5.74, 6) is -1.16. The normalized spacial score (nSPS) is 18.9. The first-order valence-electron chi connectivity index (χ1n) is 10.7. The Kier molecular flexibility index (Phi) is 7.14. The van der Waals surface area contributed by atoms with Crippen LogP contribution in [0.5, 0.6) is 0 Å². The van der Waals surface area contributed by atoms with Crippen LogP contribution in [0.1, 0.15) is 24.1 Å². The number of hydrogen-bond acceptors (Lipinski definition) is 6. The van der Waals surface area contributed by atoms with Crippen LogP contribution >= 0.6 is 0 Å². The van der Waals surface area contributed by atoms with Gasteiger partial charge < -0.3 is 0 Å². The summed E-state index contributed by atoms with van der Waals surface area (Å²) in [4.78, 5) is 24.5. The summed E-state index contributed by atoms with van der Waals surface area (Å²) in [6, 6.07) is 6.30. The minimum atomic E-state index is -4.53. The van der Waals surface area contributed by atoms with E-state index in [1.165, 1.54) is 12.4 Å². The van der Waals surface area contributed by atoms with Crippen molar-refractivity contribution in [3.63, 3.8) is 0 Å². The van der Waals surface area contributed by atoms with Crippen LogP contribution in [0.4, 0.5) is 22.0 Å². The van der Waals surface area contributed by atoms with Gasteiger partial charge in [0.05, 0.1) is 27.9 Å². The lowest BCUT2D eigenvalue weighted by atomic mass is 10.0. The summed E-state index contributed by atoms with van der Waals surface area (Å²) < 4.78 is 92.3. The zero-order valence-corrected chi connectivity index (χ0v) is 19.3. The average molecular weight is 526 g/mol. The number of benzene rings is 1. The first-order valence-corrected chi connectivity index (χ1v) is 12.2. The summed E-state index contributed by atoms with van der Waals surface area (Å²) in [7, 11) is -4.23. The van der Waals surface area contributed by atoms with Gasteiger partial charge >= 0.3 is 6.18 Å². The number of aromatic nitrogens is 3. The standard InChI is InChI=1S/C23H19F5N4O3S/c24-15-2-5-18(6-3-15)36(34,35)32-12-16(25)9-21(32)22(33)8-4-17-10-20(31-13-30-17)19-7-1-14(11-29-19)23(26,27)28/h1-3,5-7,10-11,13,16,21H,4,8-9,12H2/t16-,21+/m1/s1. The van der Waals surface area contributed by atoms with E-state index in [2.05, 4.69) is 15.0 Å². The lowest BCUT2D eigenvalue weighted by Crippen LogP contribution is -2.40. The fourth-order valence-corrected chi connectivity index (χ4v) is 5.51. The van der Waals surface area contributed by atoms with E-state index in [9.17, 15) is 35.2 Å². The van der Waals surface area contributed by atoms with Crippen LogP contribution in [0.2, 0.25) is 0 Å². The molecule has 13 heteroatoms. The molecule has 1 saturated heterocycles. The van der Waals surface area contributed by atoms with Gasteiger partial charge in [0.1, 0.15) is 18.3 Å². The van der Waals surface area contributed by atoms with Crippen molar-refractivity contribution in [2.75, 3.05) is 6.54 Å². The third-order valence-corrected chi connectivity index (χ3v) is 7.59. The van der Waals surface area contributed by atoms with Gasteiger partial charge in [-0.2, -0.15) is 17.5 Å². The third kappa shape index (κ3) is 5.57. The van der Waals surface area contributed by atoms with E-state index in [0.29, 0.717) is 11.9 Å². The number of nitrogens with zero attached hydrogens (tertiary/aromatic N) is 4. The number of carbonyl (C=O) groups excluding carboxylic acids is 1. The number of alkyl halides is 4. The summed E-state index contributed by atoms with van der Waals surface area (Å²) in [5, 5.41) is 0.